The van der Waals surface area contributed by atoms with Crippen LogP contribution in [0.4, 0.5) is 5.82 Å². The van der Waals surface area contributed by atoms with E-state index in [9.17, 15) is 28.5 Å². The van der Waals surface area contributed by atoms with Gasteiger partial charge in [0, 0.05) is 0 Å². The van der Waals surface area contributed by atoms with Crippen molar-refractivity contribution in [2.45, 2.75) is 50.9 Å². The monoisotopic (exact) mass is 460 g/mol. The van der Waals surface area contributed by atoms with Crippen molar-refractivity contribution < 1.29 is 37.5 Å². The molecule has 1 fully saturated rings. The highest BCUT2D eigenvalue weighted by Crippen LogP contribution is 2.32. The summed E-state index contributed by atoms with van der Waals surface area (Å²) >= 11 is 0. The molecule has 1 aliphatic rings. The van der Waals surface area contributed by atoms with Gasteiger partial charge in [0.25, 0.3) is 5.91 Å². The van der Waals surface area contributed by atoms with Gasteiger partial charge in [-0.3, -0.25) is 13.5 Å². The first-order valence-corrected chi connectivity index (χ1v) is 10.7. The lowest BCUT2D eigenvalue weighted by atomic mass is 10.1. The smallest absolute Gasteiger partial charge is 0.362 e. The summed E-state index contributed by atoms with van der Waals surface area (Å²) in [6.45, 7) is 2.80. The molecule has 0 aliphatic carbocycles. The number of amides is 1. The molecule has 2 aromatic rings. The topological polar surface area (TPSA) is 212 Å². The molecule has 14 nitrogen and oxygen atoms in total. The summed E-state index contributed by atoms with van der Waals surface area (Å²) in [6, 6.07) is 0. The van der Waals surface area contributed by atoms with E-state index in [0.29, 0.717) is 0 Å². The van der Waals surface area contributed by atoms with Crippen molar-refractivity contribution in [2.75, 3.05) is 12.3 Å². The third-order valence-electron chi connectivity index (χ3n) is 4.61. The highest BCUT2D eigenvalue weighted by Gasteiger charge is 2.45. The van der Waals surface area contributed by atoms with Crippen LogP contribution < -0.4 is 10.5 Å². The molecule has 1 amide bonds. The number of ether oxygens (including phenoxy) is 1. The standard InChI is InChI=1S/C16H24N6O8S/c1-7(2)3-8(23)15(26)21-31(27,28)29-4-9-11(24)12(25)16(30-9)22-6-20-10-13(17)18-5-19-14(10)22/h5-9,11-12,16,23-25H,3-4H2,1-2H3,(H,21,26)(H2,17,18,19)/t8-,9+,11+,12-,16+/m0/s1. The molecular weight excluding hydrogens is 436 g/mol. The van der Waals surface area contributed by atoms with E-state index in [-0.39, 0.29) is 29.3 Å². The average molecular weight is 460 g/mol. The van der Waals surface area contributed by atoms with Gasteiger partial charge in [-0.15, -0.1) is 0 Å². The molecule has 0 unspecified atom stereocenters. The van der Waals surface area contributed by atoms with Gasteiger partial charge in [-0.1, -0.05) is 13.8 Å². The Morgan fingerprint density at radius 3 is 2.71 bits per heavy atom. The summed E-state index contributed by atoms with van der Waals surface area (Å²) in [5.41, 5.74) is 6.22. The molecule has 0 spiro atoms. The summed E-state index contributed by atoms with van der Waals surface area (Å²) in [6.07, 6.45) is -4.39. The SMILES string of the molecule is CC(C)C[C@H](O)C(=O)NS(=O)(=O)OC[C@H]1O[C@@H](n2cnc3c(N)ncnc32)[C@@H](O)[C@@H]1O. The maximum absolute atomic E-state index is 12.0. The van der Waals surface area contributed by atoms with Gasteiger partial charge in [0.1, 0.15) is 36.3 Å². The molecule has 31 heavy (non-hydrogen) atoms. The molecule has 15 heteroatoms. The van der Waals surface area contributed by atoms with Gasteiger partial charge in [-0.05, 0) is 12.3 Å². The number of nitrogens with one attached hydrogen (secondary N) is 1. The van der Waals surface area contributed by atoms with E-state index in [1.165, 1.54) is 17.2 Å². The Bertz CT molecular complexity index is 1040. The van der Waals surface area contributed by atoms with Gasteiger partial charge >= 0.3 is 10.3 Å². The zero-order valence-electron chi connectivity index (χ0n) is 16.7. The van der Waals surface area contributed by atoms with E-state index in [1.54, 1.807) is 18.6 Å². The largest absolute Gasteiger partial charge is 0.387 e. The number of rotatable bonds is 8. The molecule has 1 aliphatic heterocycles. The molecule has 0 radical (unpaired) electrons. The van der Waals surface area contributed by atoms with Gasteiger partial charge in [0.05, 0.1) is 12.9 Å². The van der Waals surface area contributed by atoms with Crippen molar-refractivity contribution in [1.29, 1.82) is 0 Å². The van der Waals surface area contributed by atoms with Crippen molar-refractivity contribution in [3.8, 4) is 0 Å². The third kappa shape index (κ3) is 5.08. The molecule has 172 valence electrons. The van der Waals surface area contributed by atoms with Gasteiger partial charge in [0.15, 0.2) is 17.7 Å². The predicted octanol–water partition coefficient (Wildman–Crippen LogP) is -2.19. The van der Waals surface area contributed by atoms with Crippen molar-refractivity contribution in [3.63, 3.8) is 0 Å². The van der Waals surface area contributed by atoms with Crippen molar-refractivity contribution in [2.24, 2.45) is 5.92 Å². The Balaban J connectivity index is 1.65. The second kappa shape index (κ2) is 8.97. The number of carbonyl (C=O) groups excluding carboxylic acids is 1. The normalized spacial score (nSPS) is 25.2. The Kier molecular flexibility index (Phi) is 6.73. The molecule has 3 heterocycles. The number of hydrogen-bond donors (Lipinski definition) is 5. The first-order valence-electron chi connectivity index (χ1n) is 9.34. The Labute approximate surface area is 177 Å². The van der Waals surface area contributed by atoms with Crippen LogP contribution >= 0.6 is 0 Å². The van der Waals surface area contributed by atoms with Crippen LogP contribution in [-0.2, 0) is 24.0 Å². The van der Waals surface area contributed by atoms with Crippen molar-refractivity contribution >= 4 is 33.2 Å². The average Bonchev–Trinajstić information content (AvgIpc) is 3.22. The number of aliphatic hydroxyl groups is 3. The van der Waals surface area contributed by atoms with Crippen LogP contribution in [0.5, 0.6) is 0 Å². The lowest BCUT2D eigenvalue weighted by Crippen LogP contribution is -2.42. The Hall–Kier alpha value is -2.43. The molecule has 5 atom stereocenters. The zero-order chi connectivity index (χ0) is 22.9. The maximum atomic E-state index is 12.0. The lowest BCUT2D eigenvalue weighted by molar-refractivity contribution is -0.128. The zero-order valence-corrected chi connectivity index (χ0v) is 17.5. The van der Waals surface area contributed by atoms with E-state index < -0.39 is 53.5 Å². The molecule has 0 bridgehead atoms. The van der Waals surface area contributed by atoms with Gasteiger partial charge in [-0.2, -0.15) is 8.42 Å². The summed E-state index contributed by atoms with van der Waals surface area (Å²) in [5.74, 6) is -1.07. The molecule has 1 saturated heterocycles. The molecule has 0 aromatic carbocycles. The van der Waals surface area contributed by atoms with Crippen LogP contribution in [0.3, 0.4) is 0 Å². The van der Waals surface area contributed by atoms with Crippen molar-refractivity contribution in [3.05, 3.63) is 12.7 Å². The summed E-state index contributed by atoms with van der Waals surface area (Å²) in [4.78, 5) is 23.7. The second-order valence-corrected chi connectivity index (χ2v) is 8.83. The number of hydrogen-bond acceptors (Lipinski definition) is 12. The second-order valence-electron chi connectivity index (χ2n) is 7.48. The number of fused-ring (bicyclic) bond motifs is 1. The van der Waals surface area contributed by atoms with E-state index in [1.807, 2.05) is 0 Å². The molecule has 6 N–H and O–H groups in total. The van der Waals surface area contributed by atoms with Gasteiger partial charge in [-0.25, -0.2) is 19.7 Å². The fourth-order valence-corrected chi connectivity index (χ4v) is 3.84. The van der Waals surface area contributed by atoms with E-state index in [2.05, 4.69) is 15.0 Å². The van der Waals surface area contributed by atoms with Crippen LogP contribution in [0, 0.1) is 5.92 Å². The van der Waals surface area contributed by atoms with E-state index in [0.717, 1.165) is 0 Å². The van der Waals surface area contributed by atoms with Crippen LogP contribution in [0.2, 0.25) is 0 Å². The highest BCUT2D eigenvalue weighted by molar-refractivity contribution is 7.85. The molecular formula is C16H24N6O8S. The summed E-state index contributed by atoms with van der Waals surface area (Å²) in [7, 11) is -4.59. The Morgan fingerprint density at radius 2 is 2.03 bits per heavy atom. The molecule has 3 rings (SSSR count). The van der Waals surface area contributed by atoms with Gasteiger partial charge < -0.3 is 25.8 Å². The number of nitrogens with two attached hydrogens (primary N) is 1. The number of aromatic nitrogens is 4. The van der Waals surface area contributed by atoms with E-state index >= 15 is 0 Å². The first-order chi connectivity index (χ1) is 14.5. The molecule has 0 saturated carbocycles. The van der Waals surface area contributed by atoms with E-state index in [4.69, 9.17) is 14.7 Å². The summed E-state index contributed by atoms with van der Waals surface area (Å²) < 4.78 is 37.1. The summed E-state index contributed by atoms with van der Waals surface area (Å²) in [5, 5.41) is 30.3. The fourth-order valence-electron chi connectivity index (χ4n) is 3.08. The maximum Gasteiger partial charge on any atom is 0.362 e. The first kappa shape index (κ1) is 23.2. The fraction of sp³-hybridized carbons (Fsp3) is 0.625. The minimum atomic E-state index is -4.59. The van der Waals surface area contributed by atoms with Crippen LogP contribution in [0.1, 0.15) is 26.5 Å². The van der Waals surface area contributed by atoms with Crippen LogP contribution in [0.25, 0.3) is 11.2 Å². The number of nitrogen functional groups attached to an aromatic ring is 1. The predicted molar refractivity (Wildman–Crippen MR) is 104 cm³/mol. The Morgan fingerprint density at radius 1 is 1.32 bits per heavy atom. The third-order valence-corrected chi connectivity index (χ3v) is 5.51. The number of imidazole rings is 1. The quantitative estimate of drug-likeness (QED) is 0.284. The minimum Gasteiger partial charge on any atom is -0.387 e. The number of nitrogens with zero attached hydrogens (tertiary/aromatic N) is 4. The minimum absolute atomic E-state index is 0.0373. The van der Waals surface area contributed by atoms with Crippen LogP contribution in [-0.4, -0.2) is 80.2 Å². The number of aliphatic hydroxyl groups excluding tert-OH is 3. The number of anilines is 1. The molecule has 2 aromatic heterocycles. The number of carbonyl (C=O) groups is 1. The lowest BCUT2D eigenvalue weighted by Gasteiger charge is -2.17. The van der Waals surface area contributed by atoms with Crippen LogP contribution in [0.15, 0.2) is 12.7 Å². The van der Waals surface area contributed by atoms with Crippen molar-refractivity contribution in [1.82, 2.24) is 24.2 Å². The highest BCUT2D eigenvalue weighted by atomic mass is 32.2. The van der Waals surface area contributed by atoms with Gasteiger partial charge in [0.2, 0.25) is 0 Å².